The molecule has 0 fully saturated rings. The van der Waals surface area contributed by atoms with Crippen LogP contribution in [-0.2, 0) is 0 Å². The third-order valence-corrected chi connectivity index (χ3v) is 1.84. The van der Waals surface area contributed by atoms with Gasteiger partial charge in [0.15, 0.2) is 0 Å². The number of anilines is 1. The zero-order valence-electron chi connectivity index (χ0n) is 8.03. The molecule has 0 atom stereocenters. The lowest BCUT2D eigenvalue weighted by Gasteiger charge is -2.10. The van der Waals surface area contributed by atoms with Crippen molar-refractivity contribution in [2.24, 2.45) is 5.73 Å². The van der Waals surface area contributed by atoms with Crippen LogP contribution in [0.5, 0.6) is 11.5 Å². The van der Waals surface area contributed by atoms with E-state index in [1.807, 2.05) is 0 Å². The first-order valence-corrected chi connectivity index (χ1v) is 3.91. The Kier molecular flexibility index (Phi) is 2.81. The summed E-state index contributed by atoms with van der Waals surface area (Å²) < 4.78 is 9.92. The first-order valence-electron chi connectivity index (χ1n) is 3.91. The van der Waals surface area contributed by atoms with Gasteiger partial charge in [-0.05, 0) is 6.07 Å². The number of nitrogen functional groups attached to an aromatic ring is 1. The van der Waals surface area contributed by atoms with Crippen molar-refractivity contribution in [3.8, 4) is 11.5 Å². The van der Waals surface area contributed by atoms with Crippen LogP contribution in [0.3, 0.4) is 0 Å². The largest absolute Gasteiger partial charge is 0.497 e. The Morgan fingerprint density at radius 1 is 1.29 bits per heavy atom. The number of carbonyl (C=O) groups is 1. The maximum atomic E-state index is 11.0. The molecule has 0 heterocycles. The van der Waals surface area contributed by atoms with Crippen molar-refractivity contribution in [2.75, 3.05) is 20.0 Å². The van der Waals surface area contributed by atoms with E-state index in [0.717, 1.165) is 0 Å². The average Bonchev–Trinajstić information content (AvgIpc) is 2.17. The molecule has 0 aliphatic heterocycles. The van der Waals surface area contributed by atoms with Gasteiger partial charge in [0.2, 0.25) is 0 Å². The minimum Gasteiger partial charge on any atom is -0.497 e. The molecule has 1 aromatic rings. The lowest BCUT2D eigenvalue weighted by Crippen LogP contribution is -2.14. The van der Waals surface area contributed by atoms with E-state index in [1.165, 1.54) is 20.3 Å². The molecule has 1 amide bonds. The number of hydrogen-bond donors (Lipinski definition) is 2. The van der Waals surface area contributed by atoms with E-state index in [0.29, 0.717) is 11.5 Å². The Bertz CT molecular complexity index is 363. The van der Waals surface area contributed by atoms with E-state index < -0.39 is 5.91 Å². The van der Waals surface area contributed by atoms with Crippen molar-refractivity contribution in [3.63, 3.8) is 0 Å². The highest BCUT2D eigenvalue weighted by molar-refractivity contribution is 5.99. The highest BCUT2D eigenvalue weighted by Gasteiger charge is 2.12. The Morgan fingerprint density at radius 3 is 2.36 bits per heavy atom. The highest BCUT2D eigenvalue weighted by atomic mass is 16.5. The van der Waals surface area contributed by atoms with E-state index in [1.54, 1.807) is 6.07 Å². The van der Waals surface area contributed by atoms with Gasteiger partial charge in [-0.15, -0.1) is 0 Å². The lowest BCUT2D eigenvalue weighted by molar-refractivity contribution is 0.100. The third-order valence-electron chi connectivity index (χ3n) is 1.84. The second-order valence-corrected chi connectivity index (χ2v) is 2.66. The summed E-state index contributed by atoms with van der Waals surface area (Å²) in [7, 11) is 2.94. The van der Waals surface area contributed by atoms with E-state index in [9.17, 15) is 4.79 Å². The topological polar surface area (TPSA) is 87.6 Å². The van der Waals surface area contributed by atoms with Gasteiger partial charge >= 0.3 is 0 Å². The van der Waals surface area contributed by atoms with Gasteiger partial charge in [-0.1, -0.05) is 0 Å². The van der Waals surface area contributed by atoms with Crippen LogP contribution in [0, 0.1) is 0 Å². The third kappa shape index (κ3) is 1.71. The van der Waals surface area contributed by atoms with Crippen LogP contribution in [0.15, 0.2) is 12.1 Å². The predicted octanol–water partition coefficient (Wildman–Crippen LogP) is 0.385. The van der Waals surface area contributed by atoms with Gasteiger partial charge in [-0.3, -0.25) is 4.79 Å². The van der Waals surface area contributed by atoms with Crippen molar-refractivity contribution in [1.29, 1.82) is 0 Å². The predicted molar refractivity (Wildman–Crippen MR) is 52.5 cm³/mol. The molecule has 1 aromatic carbocycles. The summed E-state index contributed by atoms with van der Waals surface area (Å²) in [6.45, 7) is 0. The molecule has 5 nitrogen and oxygen atoms in total. The van der Waals surface area contributed by atoms with Gasteiger partial charge in [0, 0.05) is 6.07 Å². The van der Waals surface area contributed by atoms with E-state index in [-0.39, 0.29) is 11.3 Å². The van der Waals surface area contributed by atoms with Crippen LogP contribution in [0.4, 0.5) is 5.69 Å². The first-order chi connectivity index (χ1) is 6.60. The van der Waals surface area contributed by atoms with Crippen molar-refractivity contribution in [3.05, 3.63) is 17.7 Å². The fourth-order valence-electron chi connectivity index (χ4n) is 1.09. The Hall–Kier alpha value is -1.91. The van der Waals surface area contributed by atoms with Gasteiger partial charge in [0.25, 0.3) is 5.91 Å². The van der Waals surface area contributed by atoms with Crippen LogP contribution in [-0.4, -0.2) is 20.1 Å². The zero-order valence-corrected chi connectivity index (χ0v) is 8.03. The summed E-state index contributed by atoms with van der Waals surface area (Å²) in [5.41, 5.74) is 11.2. The molecule has 0 radical (unpaired) electrons. The van der Waals surface area contributed by atoms with Crippen LogP contribution in [0.2, 0.25) is 0 Å². The lowest BCUT2D eigenvalue weighted by atomic mass is 10.1. The number of nitrogens with two attached hydrogens (primary N) is 2. The Labute approximate surface area is 81.6 Å². The summed E-state index contributed by atoms with van der Waals surface area (Å²) in [5, 5.41) is 0. The fourth-order valence-corrected chi connectivity index (χ4v) is 1.09. The highest BCUT2D eigenvalue weighted by Crippen LogP contribution is 2.30. The number of hydrogen-bond acceptors (Lipinski definition) is 4. The number of amides is 1. The molecule has 0 spiro atoms. The van der Waals surface area contributed by atoms with E-state index in [4.69, 9.17) is 20.9 Å². The maximum absolute atomic E-state index is 11.0. The molecular weight excluding hydrogens is 184 g/mol. The van der Waals surface area contributed by atoms with Crippen LogP contribution < -0.4 is 20.9 Å². The zero-order chi connectivity index (χ0) is 10.7. The molecule has 14 heavy (non-hydrogen) atoms. The summed E-state index contributed by atoms with van der Waals surface area (Å²) >= 11 is 0. The minimum absolute atomic E-state index is 0.196. The van der Waals surface area contributed by atoms with Gasteiger partial charge in [-0.25, -0.2) is 0 Å². The molecule has 0 unspecified atom stereocenters. The first kappa shape index (κ1) is 10.2. The summed E-state index contributed by atoms with van der Waals surface area (Å²) in [6, 6.07) is 3.06. The normalized spacial score (nSPS) is 9.57. The summed E-state index contributed by atoms with van der Waals surface area (Å²) in [5.74, 6) is 0.239. The van der Waals surface area contributed by atoms with Crippen molar-refractivity contribution >= 4 is 11.6 Å². The molecule has 1 rings (SSSR count). The molecule has 0 aliphatic carbocycles. The quantitative estimate of drug-likeness (QED) is 0.684. The molecule has 5 heteroatoms. The molecule has 0 saturated carbocycles. The van der Waals surface area contributed by atoms with Gasteiger partial charge in [-0.2, -0.15) is 0 Å². The number of benzene rings is 1. The molecule has 0 aromatic heterocycles. The number of rotatable bonds is 3. The van der Waals surface area contributed by atoms with Gasteiger partial charge < -0.3 is 20.9 Å². The SMILES string of the molecule is COc1cc(OC)c(N)c(C(N)=O)c1. The summed E-state index contributed by atoms with van der Waals surface area (Å²) in [4.78, 5) is 11.0. The monoisotopic (exact) mass is 196 g/mol. The number of primary amides is 1. The molecular formula is C9H12N2O3. The number of carbonyl (C=O) groups excluding carboxylic acids is 1. The van der Waals surface area contributed by atoms with Crippen LogP contribution >= 0.6 is 0 Å². The number of methoxy groups -OCH3 is 2. The van der Waals surface area contributed by atoms with E-state index in [2.05, 4.69) is 0 Å². The minimum atomic E-state index is -0.611. The second kappa shape index (κ2) is 3.87. The Balaban J connectivity index is 3.34. The number of ether oxygens (including phenoxy) is 2. The van der Waals surface area contributed by atoms with Crippen molar-refractivity contribution < 1.29 is 14.3 Å². The van der Waals surface area contributed by atoms with Crippen LogP contribution in [0.1, 0.15) is 10.4 Å². The smallest absolute Gasteiger partial charge is 0.251 e. The average molecular weight is 196 g/mol. The molecule has 4 N–H and O–H groups in total. The molecule has 76 valence electrons. The van der Waals surface area contributed by atoms with Gasteiger partial charge in [0.05, 0.1) is 25.5 Å². The molecule has 0 aliphatic rings. The Morgan fingerprint density at radius 2 is 1.93 bits per heavy atom. The van der Waals surface area contributed by atoms with Crippen molar-refractivity contribution in [1.82, 2.24) is 0 Å². The standard InChI is InChI=1S/C9H12N2O3/c1-13-5-3-6(9(11)12)8(10)7(4-5)14-2/h3-4H,10H2,1-2H3,(H2,11,12). The molecule has 0 saturated heterocycles. The molecule has 0 bridgehead atoms. The fraction of sp³-hybridized carbons (Fsp3) is 0.222. The van der Waals surface area contributed by atoms with Crippen molar-refractivity contribution in [2.45, 2.75) is 0 Å². The van der Waals surface area contributed by atoms with Gasteiger partial charge in [0.1, 0.15) is 11.5 Å². The second-order valence-electron chi connectivity index (χ2n) is 2.66. The van der Waals surface area contributed by atoms with Crippen LogP contribution in [0.25, 0.3) is 0 Å². The van der Waals surface area contributed by atoms with E-state index >= 15 is 0 Å². The summed E-state index contributed by atoms with van der Waals surface area (Å²) in [6.07, 6.45) is 0. The maximum Gasteiger partial charge on any atom is 0.251 e.